The van der Waals surface area contributed by atoms with Crippen LogP contribution in [0.25, 0.3) is 0 Å². The van der Waals surface area contributed by atoms with Crippen LogP contribution in [0.1, 0.15) is 26.4 Å². The van der Waals surface area contributed by atoms with Gasteiger partial charge in [-0.2, -0.15) is 4.31 Å². The zero-order valence-electron chi connectivity index (χ0n) is 18.6. The SMILES string of the molecule is O=C(NCc1ccnc(N2CCOCC2)c1)c1cccc(S(=O)(=O)N2CCc3sccc3C2)c1. The number of aromatic nitrogens is 1. The topological polar surface area (TPSA) is 91.8 Å². The van der Waals surface area contributed by atoms with Crippen molar-refractivity contribution in [2.75, 3.05) is 37.7 Å². The van der Waals surface area contributed by atoms with Gasteiger partial charge in [-0.1, -0.05) is 6.07 Å². The van der Waals surface area contributed by atoms with Gasteiger partial charge in [0.15, 0.2) is 0 Å². The Morgan fingerprint density at radius 3 is 2.82 bits per heavy atom. The van der Waals surface area contributed by atoms with Crippen LogP contribution in [-0.2, 0) is 34.3 Å². The van der Waals surface area contributed by atoms with Crippen LogP contribution in [0.5, 0.6) is 0 Å². The van der Waals surface area contributed by atoms with Gasteiger partial charge in [-0.25, -0.2) is 13.4 Å². The second-order valence-electron chi connectivity index (χ2n) is 8.29. The predicted molar refractivity (Wildman–Crippen MR) is 130 cm³/mol. The molecule has 1 N–H and O–H groups in total. The first-order valence-electron chi connectivity index (χ1n) is 11.2. The Kier molecular flexibility index (Phi) is 6.64. The first kappa shape index (κ1) is 23.0. The molecule has 2 aliphatic heterocycles. The van der Waals surface area contributed by atoms with E-state index in [1.807, 2.05) is 23.6 Å². The van der Waals surface area contributed by atoms with Crippen LogP contribution in [0.4, 0.5) is 5.82 Å². The molecular weight excluding hydrogens is 472 g/mol. The molecule has 0 unspecified atom stereocenters. The summed E-state index contributed by atoms with van der Waals surface area (Å²) in [6, 6.07) is 12.1. The average molecular weight is 499 g/mol. The average Bonchev–Trinajstić information content (AvgIpc) is 3.36. The van der Waals surface area contributed by atoms with Crippen molar-refractivity contribution >= 4 is 33.1 Å². The summed E-state index contributed by atoms with van der Waals surface area (Å²) in [4.78, 5) is 20.8. The molecule has 1 fully saturated rings. The number of hydrogen-bond acceptors (Lipinski definition) is 7. The third kappa shape index (κ3) is 4.85. The lowest BCUT2D eigenvalue weighted by Gasteiger charge is -2.28. The zero-order valence-corrected chi connectivity index (χ0v) is 20.3. The summed E-state index contributed by atoms with van der Waals surface area (Å²) in [5.41, 5.74) is 2.30. The first-order valence-corrected chi connectivity index (χ1v) is 13.5. The molecule has 10 heteroatoms. The molecule has 8 nitrogen and oxygen atoms in total. The Balaban J connectivity index is 1.26. The van der Waals surface area contributed by atoms with Crippen LogP contribution in [0.2, 0.25) is 0 Å². The van der Waals surface area contributed by atoms with Crippen LogP contribution < -0.4 is 10.2 Å². The molecular formula is C24H26N4O4S2. The van der Waals surface area contributed by atoms with Gasteiger partial charge in [0.05, 0.1) is 18.1 Å². The molecule has 178 valence electrons. The van der Waals surface area contributed by atoms with Gasteiger partial charge in [-0.05, 0) is 59.3 Å². The lowest BCUT2D eigenvalue weighted by molar-refractivity contribution is 0.0950. The maximum absolute atomic E-state index is 13.2. The summed E-state index contributed by atoms with van der Waals surface area (Å²) in [6.45, 7) is 4.05. The smallest absolute Gasteiger partial charge is 0.251 e. The Morgan fingerprint density at radius 2 is 1.97 bits per heavy atom. The summed E-state index contributed by atoms with van der Waals surface area (Å²) in [5.74, 6) is 0.541. The van der Waals surface area contributed by atoms with Crippen molar-refractivity contribution in [2.45, 2.75) is 24.4 Å². The second kappa shape index (κ2) is 9.83. The normalized spacial score (nSPS) is 16.8. The van der Waals surface area contributed by atoms with E-state index in [2.05, 4.69) is 15.2 Å². The van der Waals surface area contributed by atoms with E-state index in [9.17, 15) is 13.2 Å². The van der Waals surface area contributed by atoms with Crippen molar-refractivity contribution in [1.82, 2.24) is 14.6 Å². The number of carbonyl (C=O) groups is 1. The van der Waals surface area contributed by atoms with E-state index < -0.39 is 10.0 Å². The minimum Gasteiger partial charge on any atom is -0.378 e. The highest BCUT2D eigenvalue weighted by Gasteiger charge is 2.29. The van der Waals surface area contributed by atoms with E-state index in [1.165, 1.54) is 15.2 Å². The minimum atomic E-state index is -3.69. The summed E-state index contributed by atoms with van der Waals surface area (Å²) < 4.78 is 33.4. The molecule has 0 radical (unpaired) electrons. The second-order valence-corrected chi connectivity index (χ2v) is 11.2. The van der Waals surface area contributed by atoms with Gasteiger partial charge >= 0.3 is 0 Å². The lowest BCUT2D eigenvalue weighted by atomic mass is 10.1. The fraction of sp³-hybridized carbons (Fsp3) is 0.333. The molecule has 4 heterocycles. The third-order valence-corrected chi connectivity index (χ3v) is 8.97. The highest BCUT2D eigenvalue weighted by Crippen LogP contribution is 2.28. The maximum Gasteiger partial charge on any atom is 0.251 e. The molecule has 1 amide bonds. The standard InChI is InChI=1S/C24H26N4O4S2/c29-24(26-16-18-4-7-25-23(14-18)27-9-11-32-12-10-27)19-2-1-3-21(15-19)34(30,31)28-8-5-22-20(17-28)6-13-33-22/h1-4,6-7,13-15H,5,8-12,16-17H2,(H,26,29). The number of ether oxygens (including phenoxy) is 1. The largest absolute Gasteiger partial charge is 0.378 e. The van der Waals surface area contributed by atoms with Crippen LogP contribution >= 0.6 is 11.3 Å². The van der Waals surface area contributed by atoms with Gasteiger partial charge < -0.3 is 15.0 Å². The molecule has 3 aromatic rings. The van der Waals surface area contributed by atoms with Crippen molar-refractivity contribution in [2.24, 2.45) is 0 Å². The molecule has 0 aliphatic carbocycles. The number of benzene rings is 1. The number of nitrogens with zero attached hydrogens (tertiary/aromatic N) is 3. The number of anilines is 1. The van der Waals surface area contributed by atoms with Gasteiger partial charge in [0.25, 0.3) is 5.91 Å². The van der Waals surface area contributed by atoms with E-state index in [1.54, 1.807) is 35.7 Å². The quantitative estimate of drug-likeness (QED) is 0.562. The number of thiophene rings is 1. The Bertz CT molecular complexity index is 1290. The molecule has 34 heavy (non-hydrogen) atoms. The molecule has 1 saturated heterocycles. The van der Waals surface area contributed by atoms with Crippen molar-refractivity contribution in [3.63, 3.8) is 0 Å². The van der Waals surface area contributed by atoms with Crippen molar-refractivity contribution in [3.05, 3.63) is 75.6 Å². The maximum atomic E-state index is 13.2. The number of hydrogen-bond donors (Lipinski definition) is 1. The van der Waals surface area contributed by atoms with E-state index in [0.29, 0.717) is 44.8 Å². The molecule has 0 spiro atoms. The van der Waals surface area contributed by atoms with Gasteiger partial charge in [0.1, 0.15) is 5.82 Å². The van der Waals surface area contributed by atoms with Crippen LogP contribution in [0.3, 0.4) is 0 Å². The number of sulfonamides is 1. The van der Waals surface area contributed by atoms with Gasteiger partial charge in [0, 0.05) is 49.4 Å². The zero-order chi connectivity index (χ0) is 23.5. The molecule has 0 saturated carbocycles. The van der Waals surface area contributed by atoms with E-state index in [-0.39, 0.29) is 10.8 Å². The molecule has 1 aromatic carbocycles. The first-order chi connectivity index (χ1) is 16.5. The van der Waals surface area contributed by atoms with Crippen molar-refractivity contribution in [1.29, 1.82) is 0 Å². The van der Waals surface area contributed by atoms with Gasteiger partial charge in [0.2, 0.25) is 10.0 Å². The molecule has 2 aliphatic rings. The summed E-state index contributed by atoms with van der Waals surface area (Å²) in [7, 11) is -3.69. The van der Waals surface area contributed by atoms with Crippen LogP contribution in [0.15, 0.2) is 58.9 Å². The van der Waals surface area contributed by atoms with Crippen LogP contribution in [0, 0.1) is 0 Å². The summed E-state index contributed by atoms with van der Waals surface area (Å²) >= 11 is 1.67. The monoisotopic (exact) mass is 498 g/mol. The Morgan fingerprint density at radius 1 is 1.12 bits per heavy atom. The molecule has 2 aromatic heterocycles. The number of pyridine rings is 1. The van der Waals surface area contributed by atoms with Crippen molar-refractivity contribution < 1.29 is 17.9 Å². The number of amides is 1. The van der Waals surface area contributed by atoms with E-state index in [0.717, 1.165) is 30.0 Å². The van der Waals surface area contributed by atoms with Gasteiger partial charge in [-0.3, -0.25) is 4.79 Å². The van der Waals surface area contributed by atoms with E-state index in [4.69, 9.17) is 4.74 Å². The minimum absolute atomic E-state index is 0.136. The van der Waals surface area contributed by atoms with Crippen molar-refractivity contribution in [3.8, 4) is 0 Å². The fourth-order valence-corrected chi connectivity index (χ4v) is 6.55. The number of morpholine rings is 1. The number of carbonyl (C=O) groups excluding carboxylic acids is 1. The molecule has 0 bridgehead atoms. The molecule has 5 rings (SSSR count). The Labute approximate surface area is 203 Å². The lowest BCUT2D eigenvalue weighted by Crippen LogP contribution is -2.36. The van der Waals surface area contributed by atoms with Crippen LogP contribution in [-0.4, -0.2) is 56.5 Å². The third-order valence-electron chi connectivity index (χ3n) is 6.10. The Hall–Kier alpha value is -2.79. The summed E-state index contributed by atoms with van der Waals surface area (Å²) in [6.07, 6.45) is 2.45. The highest BCUT2D eigenvalue weighted by molar-refractivity contribution is 7.89. The highest BCUT2D eigenvalue weighted by atomic mass is 32.2. The predicted octanol–water partition coefficient (Wildman–Crippen LogP) is 2.66. The number of nitrogens with one attached hydrogen (secondary N) is 1. The van der Waals surface area contributed by atoms with E-state index >= 15 is 0 Å². The van der Waals surface area contributed by atoms with Gasteiger partial charge in [-0.15, -0.1) is 11.3 Å². The number of rotatable bonds is 6. The summed E-state index contributed by atoms with van der Waals surface area (Å²) in [5, 5.41) is 4.89. The molecule has 0 atom stereocenters. The fourth-order valence-electron chi connectivity index (χ4n) is 4.19. The number of fused-ring (bicyclic) bond motifs is 1.